The molecule has 0 spiro atoms. The number of hydrogen-bond acceptors (Lipinski definition) is 5. The van der Waals surface area contributed by atoms with Crippen LogP contribution in [0.15, 0.2) is 41.8 Å². The highest BCUT2D eigenvalue weighted by molar-refractivity contribution is 7.15. The summed E-state index contributed by atoms with van der Waals surface area (Å²) in [6, 6.07) is 8.24. The Morgan fingerprint density at radius 1 is 1.13 bits per heavy atom. The number of thiophene rings is 1. The lowest BCUT2D eigenvalue weighted by molar-refractivity contribution is -0.131. The fourth-order valence-corrected chi connectivity index (χ4v) is 4.70. The number of rotatable bonds is 7. The Kier molecular flexibility index (Phi) is 7.41. The summed E-state index contributed by atoms with van der Waals surface area (Å²) in [6.07, 6.45) is 7.93. The molecule has 7 heteroatoms. The predicted octanol–water partition coefficient (Wildman–Crippen LogP) is 5.22. The van der Waals surface area contributed by atoms with Gasteiger partial charge in [0.1, 0.15) is 10.6 Å². The smallest absolute Gasteiger partial charge is 0.341 e. The first-order chi connectivity index (χ1) is 14.5. The normalized spacial score (nSPS) is 14.6. The molecule has 1 saturated carbocycles. The molecule has 0 aliphatic heterocycles. The Morgan fingerprint density at radius 2 is 1.83 bits per heavy atom. The molecule has 0 atom stereocenters. The van der Waals surface area contributed by atoms with Crippen molar-refractivity contribution in [3.8, 4) is 11.1 Å². The number of hydrogen-bond donors (Lipinski definition) is 2. The maximum atomic E-state index is 12.6. The first-order valence-electron chi connectivity index (χ1n) is 10.1. The molecule has 2 N–H and O–H groups in total. The zero-order chi connectivity index (χ0) is 21.5. The zero-order valence-corrected chi connectivity index (χ0v) is 17.7. The molecule has 3 rings (SSSR count). The third-order valence-electron chi connectivity index (χ3n) is 5.18. The first-order valence-corrected chi connectivity index (χ1v) is 11.0. The van der Waals surface area contributed by atoms with Crippen LogP contribution < -0.4 is 5.32 Å². The number of benzene rings is 1. The average molecular weight is 428 g/mol. The standard InChI is InChI=1S/C23H25NO5S/c1-2-29-23(28)21-18(14-30-22(21)24-19(25)12-13-20(26)27)17-10-8-16(9-11-17)15-6-4-3-5-7-15/h8-15H,2-7H2,1H3,(H,24,25)(H,26,27). The van der Waals surface area contributed by atoms with E-state index in [4.69, 9.17) is 9.84 Å². The van der Waals surface area contributed by atoms with Crippen molar-refractivity contribution in [2.45, 2.75) is 44.9 Å². The molecule has 30 heavy (non-hydrogen) atoms. The molecule has 0 unspecified atom stereocenters. The van der Waals surface area contributed by atoms with Gasteiger partial charge in [-0.2, -0.15) is 0 Å². The van der Waals surface area contributed by atoms with Crippen molar-refractivity contribution >= 4 is 34.2 Å². The van der Waals surface area contributed by atoms with Gasteiger partial charge in [0.2, 0.25) is 5.91 Å². The van der Waals surface area contributed by atoms with Crippen molar-refractivity contribution in [2.75, 3.05) is 11.9 Å². The largest absolute Gasteiger partial charge is 0.478 e. The molecule has 0 bridgehead atoms. The SMILES string of the molecule is CCOC(=O)c1c(-c2ccc(C3CCCCC3)cc2)csc1NC(=O)C=CC(=O)O. The fourth-order valence-electron chi connectivity index (χ4n) is 3.74. The van der Waals surface area contributed by atoms with Gasteiger partial charge in [0, 0.05) is 23.1 Å². The minimum atomic E-state index is -1.22. The number of esters is 1. The van der Waals surface area contributed by atoms with Gasteiger partial charge in [-0.25, -0.2) is 9.59 Å². The van der Waals surface area contributed by atoms with Crippen molar-refractivity contribution in [1.29, 1.82) is 0 Å². The van der Waals surface area contributed by atoms with Crippen LogP contribution in [0, 0.1) is 0 Å². The van der Waals surface area contributed by atoms with Gasteiger partial charge in [-0.1, -0.05) is 43.5 Å². The number of carboxylic acids is 1. The number of carboxylic acid groups (broad SMARTS) is 1. The van der Waals surface area contributed by atoms with E-state index >= 15 is 0 Å². The van der Waals surface area contributed by atoms with Gasteiger partial charge in [-0.05, 0) is 36.8 Å². The predicted molar refractivity (Wildman–Crippen MR) is 117 cm³/mol. The maximum absolute atomic E-state index is 12.6. The van der Waals surface area contributed by atoms with E-state index in [1.54, 1.807) is 12.3 Å². The summed E-state index contributed by atoms with van der Waals surface area (Å²) < 4.78 is 5.19. The van der Waals surface area contributed by atoms with Crippen molar-refractivity contribution in [1.82, 2.24) is 0 Å². The van der Waals surface area contributed by atoms with Crippen LogP contribution in [0.2, 0.25) is 0 Å². The molecule has 2 aromatic rings. The van der Waals surface area contributed by atoms with E-state index < -0.39 is 17.8 Å². The topological polar surface area (TPSA) is 92.7 Å². The summed E-state index contributed by atoms with van der Waals surface area (Å²) in [6.45, 7) is 1.93. The van der Waals surface area contributed by atoms with E-state index in [9.17, 15) is 14.4 Å². The fraction of sp³-hybridized carbons (Fsp3) is 0.348. The highest BCUT2D eigenvalue weighted by atomic mass is 32.1. The molecular formula is C23H25NO5S. The Labute approximate surface area is 179 Å². The van der Waals surface area contributed by atoms with E-state index in [0.717, 1.165) is 17.7 Å². The number of aliphatic carboxylic acids is 1. The molecule has 0 saturated heterocycles. The van der Waals surface area contributed by atoms with Gasteiger partial charge >= 0.3 is 11.9 Å². The third kappa shape index (κ3) is 5.36. The third-order valence-corrected chi connectivity index (χ3v) is 6.08. The summed E-state index contributed by atoms with van der Waals surface area (Å²) >= 11 is 1.21. The lowest BCUT2D eigenvalue weighted by Gasteiger charge is -2.22. The molecule has 1 heterocycles. The molecule has 158 valence electrons. The molecular weight excluding hydrogens is 402 g/mol. The van der Waals surface area contributed by atoms with E-state index in [-0.39, 0.29) is 12.2 Å². The summed E-state index contributed by atoms with van der Waals surface area (Å²) in [7, 11) is 0. The Bertz CT molecular complexity index is 939. The van der Waals surface area contributed by atoms with Crippen molar-refractivity contribution in [2.24, 2.45) is 0 Å². The molecule has 1 aromatic carbocycles. The molecule has 1 aliphatic carbocycles. The molecule has 1 aliphatic rings. The number of carbonyl (C=O) groups is 3. The van der Waals surface area contributed by atoms with E-state index in [1.807, 2.05) is 12.1 Å². The van der Waals surface area contributed by atoms with Gasteiger partial charge in [-0.15, -0.1) is 11.3 Å². The minimum Gasteiger partial charge on any atom is -0.478 e. The second kappa shape index (κ2) is 10.2. The van der Waals surface area contributed by atoms with Gasteiger partial charge in [0.05, 0.1) is 6.61 Å². The molecule has 6 nitrogen and oxygen atoms in total. The van der Waals surface area contributed by atoms with Crippen LogP contribution in [0.4, 0.5) is 5.00 Å². The quantitative estimate of drug-likeness (QED) is 0.467. The lowest BCUT2D eigenvalue weighted by atomic mass is 9.83. The van der Waals surface area contributed by atoms with Crippen molar-refractivity contribution in [3.05, 3.63) is 52.9 Å². The summed E-state index contributed by atoms with van der Waals surface area (Å²) in [5.41, 5.74) is 3.16. The summed E-state index contributed by atoms with van der Waals surface area (Å²) in [5, 5.41) is 13.4. The van der Waals surface area contributed by atoms with Crippen molar-refractivity contribution in [3.63, 3.8) is 0 Å². The van der Waals surface area contributed by atoms with Crippen LogP contribution in [-0.4, -0.2) is 29.6 Å². The van der Waals surface area contributed by atoms with E-state index in [1.165, 1.54) is 49.0 Å². The van der Waals surface area contributed by atoms with Crippen LogP contribution in [-0.2, 0) is 14.3 Å². The highest BCUT2D eigenvalue weighted by Gasteiger charge is 2.23. The lowest BCUT2D eigenvalue weighted by Crippen LogP contribution is -2.13. The van der Waals surface area contributed by atoms with Crippen LogP contribution >= 0.6 is 11.3 Å². The van der Waals surface area contributed by atoms with Crippen LogP contribution in [0.1, 0.15) is 60.9 Å². The highest BCUT2D eigenvalue weighted by Crippen LogP contribution is 2.38. The molecule has 1 amide bonds. The second-order valence-corrected chi connectivity index (χ2v) is 8.07. The Balaban J connectivity index is 1.88. The molecule has 1 aromatic heterocycles. The van der Waals surface area contributed by atoms with Gasteiger partial charge in [0.25, 0.3) is 0 Å². The Morgan fingerprint density at radius 3 is 2.47 bits per heavy atom. The molecule has 0 radical (unpaired) electrons. The minimum absolute atomic E-state index is 0.209. The zero-order valence-electron chi connectivity index (χ0n) is 16.8. The maximum Gasteiger partial charge on any atom is 0.341 e. The number of carbonyl (C=O) groups excluding carboxylic acids is 2. The van der Waals surface area contributed by atoms with Crippen LogP contribution in [0.3, 0.4) is 0 Å². The summed E-state index contributed by atoms with van der Waals surface area (Å²) in [4.78, 5) is 35.2. The first kappa shape index (κ1) is 21.8. The Hall–Kier alpha value is -2.93. The number of amides is 1. The van der Waals surface area contributed by atoms with Crippen molar-refractivity contribution < 1.29 is 24.2 Å². The van der Waals surface area contributed by atoms with Crippen LogP contribution in [0.25, 0.3) is 11.1 Å². The van der Waals surface area contributed by atoms with Gasteiger partial charge in [-0.3, -0.25) is 4.79 Å². The van der Waals surface area contributed by atoms with Gasteiger partial charge < -0.3 is 15.2 Å². The van der Waals surface area contributed by atoms with E-state index in [2.05, 4.69) is 17.4 Å². The van der Waals surface area contributed by atoms with E-state index in [0.29, 0.717) is 16.5 Å². The summed E-state index contributed by atoms with van der Waals surface area (Å²) in [5.74, 6) is -1.78. The average Bonchev–Trinajstić information content (AvgIpc) is 3.16. The molecule has 1 fully saturated rings. The second-order valence-electron chi connectivity index (χ2n) is 7.19. The van der Waals surface area contributed by atoms with Crippen LogP contribution in [0.5, 0.6) is 0 Å². The van der Waals surface area contributed by atoms with Gasteiger partial charge in [0.15, 0.2) is 0 Å². The number of anilines is 1. The number of ether oxygens (including phenoxy) is 1. The number of nitrogens with one attached hydrogen (secondary N) is 1. The monoisotopic (exact) mass is 427 g/mol.